The maximum atomic E-state index is 12.4. The number of anilines is 1. The minimum absolute atomic E-state index is 0.124. The zero-order valence-corrected chi connectivity index (χ0v) is 15.6. The van der Waals surface area contributed by atoms with Crippen molar-refractivity contribution in [1.29, 1.82) is 5.26 Å². The summed E-state index contributed by atoms with van der Waals surface area (Å²) in [5.41, 5.74) is 3.91. The summed E-state index contributed by atoms with van der Waals surface area (Å²) in [4.78, 5) is 17.8. The molecule has 2 aromatic heterocycles. The third-order valence-electron chi connectivity index (χ3n) is 4.06. The Morgan fingerprint density at radius 2 is 1.93 bits per heavy atom. The van der Waals surface area contributed by atoms with Crippen molar-refractivity contribution in [2.75, 3.05) is 5.32 Å². The van der Waals surface area contributed by atoms with Gasteiger partial charge < -0.3 is 5.32 Å². The molecule has 4 aromatic rings. The van der Waals surface area contributed by atoms with Crippen molar-refractivity contribution < 1.29 is 4.79 Å². The van der Waals surface area contributed by atoms with Crippen molar-refractivity contribution in [1.82, 2.24) is 9.38 Å². The molecule has 4 rings (SSSR count). The molecule has 0 aliphatic rings. The van der Waals surface area contributed by atoms with Gasteiger partial charge in [-0.25, -0.2) is 4.98 Å². The first-order valence-electron chi connectivity index (χ1n) is 8.14. The lowest BCUT2D eigenvalue weighted by atomic mass is 10.2. The van der Waals surface area contributed by atoms with Crippen LogP contribution in [0.25, 0.3) is 16.2 Å². The zero-order valence-electron chi connectivity index (χ0n) is 14.0. The van der Waals surface area contributed by atoms with E-state index < -0.39 is 0 Å². The van der Waals surface area contributed by atoms with Gasteiger partial charge in [0.1, 0.15) is 0 Å². The van der Waals surface area contributed by atoms with Gasteiger partial charge in [0.25, 0.3) is 0 Å². The Morgan fingerprint density at radius 1 is 1.19 bits per heavy atom. The number of hydrogen-bond acceptors (Lipinski definition) is 4. The number of benzene rings is 2. The molecule has 0 aliphatic carbocycles. The lowest BCUT2D eigenvalue weighted by molar-refractivity contribution is -0.115. The molecular formula is C20H13ClN4OS. The van der Waals surface area contributed by atoms with Gasteiger partial charge in [0.2, 0.25) is 5.91 Å². The molecular weight excluding hydrogens is 380 g/mol. The van der Waals surface area contributed by atoms with Gasteiger partial charge in [-0.1, -0.05) is 23.7 Å². The summed E-state index contributed by atoms with van der Waals surface area (Å²) in [7, 11) is 0. The Bertz CT molecular complexity index is 1150. The molecule has 27 heavy (non-hydrogen) atoms. The van der Waals surface area contributed by atoms with Crippen LogP contribution in [0.15, 0.2) is 60.1 Å². The molecule has 0 atom stereocenters. The summed E-state index contributed by atoms with van der Waals surface area (Å²) in [6, 6.07) is 16.3. The van der Waals surface area contributed by atoms with Gasteiger partial charge in [-0.2, -0.15) is 5.26 Å². The molecule has 0 fully saturated rings. The lowest BCUT2D eigenvalue weighted by Crippen LogP contribution is -2.15. The van der Waals surface area contributed by atoms with Gasteiger partial charge in [0, 0.05) is 33.5 Å². The number of thiazole rings is 1. The number of rotatable bonds is 4. The Kier molecular flexibility index (Phi) is 4.63. The van der Waals surface area contributed by atoms with E-state index in [1.807, 2.05) is 40.2 Å². The summed E-state index contributed by atoms with van der Waals surface area (Å²) in [5.74, 6) is -0.124. The molecule has 0 spiro atoms. The van der Waals surface area contributed by atoms with Crippen LogP contribution in [-0.4, -0.2) is 15.3 Å². The molecule has 0 radical (unpaired) electrons. The molecule has 1 N–H and O–H groups in total. The zero-order chi connectivity index (χ0) is 18.8. The van der Waals surface area contributed by atoms with Gasteiger partial charge in [0.15, 0.2) is 4.96 Å². The number of nitrogens with zero attached hydrogens (tertiary/aromatic N) is 3. The molecule has 0 saturated carbocycles. The maximum absolute atomic E-state index is 12.4. The molecule has 1 amide bonds. The third kappa shape index (κ3) is 3.70. The van der Waals surface area contributed by atoms with Crippen molar-refractivity contribution in [2.45, 2.75) is 6.42 Å². The highest BCUT2D eigenvalue weighted by atomic mass is 35.5. The monoisotopic (exact) mass is 392 g/mol. The fraction of sp³-hybridized carbons (Fsp3) is 0.0500. The number of fused-ring (bicyclic) bond motifs is 1. The first-order valence-corrected chi connectivity index (χ1v) is 9.39. The summed E-state index contributed by atoms with van der Waals surface area (Å²) in [6.45, 7) is 0. The molecule has 0 unspecified atom stereocenters. The van der Waals surface area contributed by atoms with E-state index in [1.165, 1.54) is 11.3 Å². The fourth-order valence-corrected chi connectivity index (χ4v) is 3.71. The molecule has 132 valence electrons. The lowest BCUT2D eigenvalue weighted by Gasteiger charge is -2.04. The minimum atomic E-state index is -0.124. The quantitative estimate of drug-likeness (QED) is 0.543. The predicted octanol–water partition coefficient (Wildman–Crippen LogP) is 4.77. The van der Waals surface area contributed by atoms with E-state index in [1.54, 1.807) is 24.3 Å². The molecule has 7 heteroatoms. The summed E-state index contributed by atoms with van der Waals surface area (Å²) >= 11 is 7.43. The second-order valence-electron chi connectivity index (χ2n) is 5.93. The van der Waals surface area contributed by atoms with Crippen molar-refractivity contribution in [2.24, 2.45) is 0 Å². The van der Waals surface area contributed by atoms with Gasteiger partial charge in [-0.3, -0.25) is 9.20 Å². The fourth-order valence-electron chi connectivity index (χ4n) is 2.71. The number of carbonyl (C=O) groups is 1. The van der Waals surface area contributed by atoms with E-state index in [0.717, 1.165) is 21.9 Å². The molecule has 0 saturated heterocycles. The van der Waals surface area contributed by atoms with E-state index in [-0.39, 0.29) is 12.3 Å². The normalized spacial score (nSPS) is 10.7. The topological polar surface area (TPSA) is 70.2 Å². The number of carbonyl (C=O) groups excluding carboxylic acids is 1. The Morgan fingerprint density at radius 3 is 2.63 bits per heavy atom. The van der Waals surface area contributed by atoms with Crippen LogP contribution >= 0.6 is 22.9 Å². The number of amides is 1. The average molecular weight is 393 g/mol. The summed E-state index contributed by atoms with van der Waals surface area (Å²) in [5, 5.41) is 14.3. The maximum Gasteiger partial charge on any atom is 0.230 e. The van der Waals surface area contributed by atoms with Crippen LogP contribution in [-0.2, 0) is 11.2 Å². The molecule has 0 bridgehead atoms. The van der Waals surface area contributed by atoms with E-state index in [2.05, 4.69) is 16.4 Å². The smallest absolute Gasteiger partial charge is 0.230 e. The van der Waals surface area contributed by atoms with Crippen molar-refractivity contribution in [3.05, 3.63) is 76.4 Å². The molecule has 5 nitrogen and oxygen atoms in total. The van der Waals surface area contributed by atoms with Gasteiger partial charge >= 0.3 is 0 Å². The van der Waals surface area contributed by atoms with Crippen LogP contribution in [0.1, 0.15) is 11.3 Å². The van der Waals surface area contributed by atoms with Crippen LogP contribution < -0.4 is 5.32 Å². The number of imidazole rings is 1. The predicted molar refractivity (Wildman–Crippen MR) is 107 cm³/mol. The second kappa shape index (κ2) is 7.23. The Balaban J connectivity index is 1.52. The third-order valence-corrected chi connectivity index (χ3v) is 5.20. The van der Waals surface area contributed by atoms with Gasteiger partial charge in [-0.05, 0) is 36.4 Å². The van der Waals surface area contributed by atoms with Crippen molar-refractivity contribution >= 4 is 39.5 Å². The Hall–Kier alpha value is -3.14. The van der Waals surface area contributed by atoms with Gasteiger partial charge in [-0.15, -0.1) is 11.3 Å². The highest BCUT2D eigenvalue weighted by Gasteiger charge is 2.13. The van der Waals surface area contributed by atoms with E-state index in [9.17, 15) is 4.79 Å². The van der Waals surface area contributed by atoms with Gasteiger partial charge in [0.05, 0.1) is 23.7 Å². The first-order chi connectivity index (χ1) is 13.1. The highest BCUT2D eigenvalue weighted by Crippen LogP contribution is 2.25. The number of hydrogen-bond donors (Lipinski definition) is 1. The minimum Gasteiger partial charge on any atom is -0.326 e. The second-order valence-corrected chi connectivity index (χ2v) is 7.20. The molecule has 2 heterocycles. The highest BCUT2D eigenvalue weighted by molar-refractivity contribution is 7.15. The van der Waals surface area contributed by atoms with Crippen LogP contribution in [0.5, 0.6) is 0 Å². The molecule has 0 aliphatic heterocycles. The van der Waals surface area contributed by atoms with E-state index in [4.69, 9.17) is 16.9 Å². The van der Waals surface area contributed by atoms with Crippen LogP contribution in [0.4, 0.5) is 5.69 Å². The summed E-state index contributed by atoms with van der Waals surface area (Å²) < 4.78 is 1.94. The molecule has 2 aromatic carbocycles. The summed E-state index contributed by atoms with van der Waals surface area (Å²) in [6.07, 6.45) is 2.16. The van der Waals surface area contributed by atoms with Crippen LogP contribution in [0.2, 0.25) is 5.02 Å². The largest absolute Gasteiger partial charge is 0.326 e. The number of nitrogens with one attached hydrogen (secondary N) is 1. The van der Waals surface area contributed by atoms with E-state index >= 15 is 0 Å². The SMILES string of the molecule is N#Cc1ccc(NC(=O)Cc2csc3nc(-c4ccc(Cl)cc4)cn23)cc1. The number of halogens is 1. The van der Waals surface area contributed by atoms with E-state index in [0.29, 0.717) is 16.3 Å². The van der Waals surface area contributed by atoms with Crippen molar-refractivity contribution in [3.63, 3.8) is 0 Å². The Labute approximate surface area is 164 Å². The first kappa shape index (κ1) is 17.3. The number of aromatic nitrogens is 2. The van der Waals surface area contributed by atoms with Crippen LogP contribution in [0.3, 0.4) is 0 Å². The van der Waals surface area contributed by atoms with Crippen LogP contribution in [0, 0.1) is 11.3 Å². The van der Waals surface area contributed by atoms with Crippen molar-refractivity contribution in [3.8, 4) is 17.3 Å². The average Bonchev–Trinajstić information content (AvgIpc) is 3.25. The number of nitriles is 1. The standard InChI is InChI=1S/C20H13ClN4OS/c21-15-5-3-14(4-6-15)18-11-25-17(12-27-20(25)24-18)9-19(26)23-16-7-1-13(10-22)2-8-16/h1-8,11-12H,9H2,(H,23,26).